The Morgan fingerprint density at radius 2 is 1.36 bits per heavy atom. The Balaban J connectivity index is 1.63. The summed E-state index contributed by atoms with van der Waals surface area (Å²) in [5.74, 6) is 0. The van der Waals surface area contributed by atoms with Crippen molar-refractivity contribution >= 4 is 24.2 Å². The summed E-state index contributed by atoms with van der Waals surface area (Å²) in [4.78, 5) is 0. The lowest BCUT2D eigenvalue weighted by Crippen LogP contribution is -2.41. The van der Waals surface area contributed by atoms with Crippen LogP contribution in [0.3, 0.4) is 0 Å². The molecule has 0 amide bonds. The van der Waals surface area contributed by atoms with E-state index in [-0.39, 0.29) is 23.7 Å². The second kappa shape index (κ2) is 6.11. The van der Waals surface area contributed by atoms with Crippen molar-refractivity contribution in [2.75, 3.05) is 0 Å². The molecule has 0 radical (unpaired) electrons. The van der Waals surface area contributed by atoms with E-state index >= 15 is 0 Å². The molecule has 0 bridgehead atoms. The first-order valence-electron chi connectivity index (χ1n) is 10.5. The first kappa shape index (κ1) is 18.7. The van der Waals surface area contributed by atoms with E-state index in [9.17, 15) is 0 Å². The predicted molar refractivity (Wildman–Crippen MR) is 116 cm³/mol. The first-order chi connectivity index (χ1) is 13.2. The molecule has 0 aromatic heterocycles. The van der Waals surface area contributed by atoms with Gasteiger partial charge in [-0.3, -0.25) is 0 Å². The third-order valence-corrected chi connectivity index (χ3v) is 7.81. The summed E-state index contributed by atoms with van der Waals surface area (Å²) in [5, 5.41) is 0.804. The average Bonchev–Trinajstić information content (AvgIpc) is 3.03. The van der Waals surface area contributed by atoms with Crippen LogP contribution < -0.4 is 5.46 Å². The summed E-state index contributed by atoms with van der Waals surface area (Å²) >= 11 is 6.41. The number of hydrogen-bond acceptors (Lipinski definition) is 2. The van der Waals surface area contributed by atoms with Gasteiger partial charge in [0.1, 0.15) is 0 Å². The fraction of sp³-hybridized carbons (Fsp3) is 0.500. The van der Waals surface area contributed by atoms with Crippen LogP contribution in [0.15, 0.2) is 36.4 Å². The van der Waals surface area contributed by atoms with Crippen LogP contribution >= 0.6 is 11.6 Å². The topological polar surface area (TPSA) is 18.5 Å². The van der Waals surface area contributed by atoms with Crippen molar-refractivity contribution < 1.29 is 9.31 Å². The van der Waals surface area contributed by atoms with Gasteiger partial charge in [-0.05, 0) is 80.4 Å². The molecule has 2 aliphatic carbocycles. The highest BCUT2D eigenvalue weighted by Crippen LogP contribution is 2.56. The second-order valence-electron chi connectivity index (χ2n) is 9.73. The fourth-order valence-corrected chi connectivity index (χ4v) is 5.50. The lowest BCUT2D eigenvalue weighted by Gasteiger charge is -2.36. The SMILES string of the molecule is CC1(C)OB(c2ccc3c(c2)-c2cc(Cl)ccc2C32CCCCC2)OC1(C)C. The Bertz CT molecular complexity index is 928. The lowest BCUT2D eigenvalue weighted by molar-refractivity contribution is 0.00578. The van der Waals surface area contributed by atoms with Crippen molar-refractivity contribution in [3.05, 3.63) is 52.5 Å². The molecule has 146 valence electrons. The van der Waals surface area contributed by atoms with Gasteiger partial charge in [-0.25, -0.2) is 0 Å². The molecule has 1 spiro atoms. The van der Waals surface area contributed by atoms with Crippen LogP contribution in [0.1, 0.15) is 70.9 Å². The number of halogens is 1. The molecule has 4 heteroatoms. The van der Waals surface area contributed by atoms with Gasteiger partial charge in [-0.15, -0.1) is 0 Å². The molecule has 2 aromatic rings. The first-order valence-corrected chi connectivity index (χ1v) is 10.9. The summed E-state index contributed by atoms with van der Waals surface area (Å²) in [6, 6.07) is 13.3. The minimum absolute atomic E-state index is 0.155. The van der Waals surface area contributed by atoms with Gasteiger partial charge in [0.25, 0.3) is 0 Å². The van der Waals surface area contributed by atoms with Crippen molar-refractivity contribution in [3.8, 4) is 11.1 Å². The summed E-state index contributed by atoms with van der Waals surface area (Å²) in [7, 11) is -0.333. The van der Waals surface area contributed by atoms with Crippen molar-refractivity contribution in [3.63, 3.8) is 0 Å². The number of hydrogen-bond donors (Lipinski definition) is 0. The maximum absolute atomic E-state index is 6.41. The molecule has 2 nitrogen and oxygen atoms in total. The highest BCUT2D eigenvalue weighted by Gasteiger charge is 2.52. The molecule has 1 aliphatic heterocycles. The molecular formula is C24H28BClO2. The fourth-order valence-electron chi connectivity index (χ4n) is 5.32. The zero-order chi connectivity index (χ0) is 19.7. The zero-order valence-electron chi connectivity index (χ0n) is 17.3. The lowest BCUT2D eigenvalue weighted by atomic mass is 9.67. The van der Waals surface area contributed by atoms with Crippen molar-refractivity contribution in [1.82, 2.24) is 0 Å². The normalized spacial score (nSPS) is 23.7. The van der Waals surface area contributed by atoms with E-state index in [1.54, 1.807) is 0 Å². The molecule has 0 N–H and O–H groups in total. The van der Waals surface area contributed by atoms with Crippen LogP contribution in [0.25, 0.3) is 11.1 Å². The maximum Gasteiger partial charge on any atom is 0.494 e. The van der Waals surface area contributed by atoms with E-state index in [1.807, 2.05) is 0 Å². The summed E-state index contributed by atoms with van der Waals surface area (Å²) in [6.45, 7) is 8.41. The van der Waals surface area contributed by atoms with E-state index in [4.69, 9.17) is 20.9 Å². The molecule has 28 heavy (non-hydrogen) atoms. The average molecular weight is 395 g/mol. The summed E-state index contributed by atoms with van der Waals surface area (Å²) < 4.78 is 12.6. The molecule has 2 aromatic carbocycles. The molecular weight excluding hydrogens is 367 g/mol. The highest BCUT2D eigenvalue weighted by molar-refractivity contribution is 6.62. The molecule has 1 saturated heterocycles. The third kappa shape index (κ3) is 2.56. The van der Waals surface area contributed by atoms with Crippen LogP contribution in [0.4, 0.5) is 0 Å². The van der Waals surface area contributed by atoms with E-state index in [2.05, 4.69) is 64.1 Å². The Morgan fingerprint density at radius 1 is 0.786 bits per heavy atom. The van der Waals surface area contributed by atoms with Gasteiger partial charge in [0.05, 0.1) is 11.2 Å². The van der Waals surface area contributed by atoms with Gasteiger partial charge in [-0.2, -0.15) is 0 Å². The highest BCUT2D eigenvalue weighted by atomic mass is 35.5. The molecule has 5 rings (SSSR count). The molecule has 0 atom stereocenters. The van der Waals surface area contributed by atoms with Crippen molar-refractivity contribution in [1.29, 1.82) is 0 Å². The second-order valence-corrected chi connectivity index (χ2v) is 10.2. The van der Waals surface area contributed by atoms with Gasteiger partial charge in [0.2, 0.25) is 0 Å². The predicted octanol–water partition coefficient (Wildman–Crippen LogP) is 5.87. The Labute approximate surface area is 173 Å². The molecule has 2 fully saturated rings. The maximum atomic E-state index is 6.41. The number of benzene rings is 2. The van der Waals surface area contributed by atoms with Crippen LogP contribution in [0, 0.1) is 0 Å². The molecule has 1 saturated carbocycles. The smallest absolute Gasteiger partial charge is 0.399 e. The minimum atomic E-state index is -0.333. The summed E-state index contributed by atoms with van der Waals surface area (Å²) in [6.07, 6.45) is 6.38. The molecule has 1 heterocycles. The largest absolute Gasteiger partial charge is 0.494 e. The van der Waals surface area contributed by atoms with Crippen molar-refractivity contribution in [2.24, 2.45) is 0 Å². The number of fused-ring (bicyclic) bond motifs is 5. The van der Waals surface area contributed by atoms with Gasteiger partial charge < -0.3 is 9.31 Å². The molecule has 3 aliphatic rings. The van der Waals surface area contributed by atoms with Gasteiger partial charge in [0.15, 0.2) is 0 Å². The quantitative estimate of drug-likeness (QED) is 0.563. The van der Waals surface area contributed by atoms with E-state index < -0.39 is 0 Å². The molecule has 0 unspecified atom stereocenters. The Morgan fingerprint density at radius 3 is 2.00 bits per heavy atom. The zero-order valence-corrected chi connectivity index (χ0v) is 18.0. The Kier molecular flexibility index (Phi) is 4.08. The van der Waals surface area contributed by atoms with Crippen LogP contribution in [0.2, 0.25) is 5.02 Å². The van der Waals surface area contributed by atoms with E-state index in [0.29, 0.717) is 0 Å². The number of rotatable bonds is 1. The van der Waals surface area contributed by atoms with E-state index in [1.165, 1.54) is 54.4 Å². The van der Waals surface area contributed by atoms with Crippen LogP contribution in [0.5, 0.6) is 0 Å². The van der Waals surface area contributed by atoms with Gasteiger partial charge in [0, 0.05) is 10.4 Å². The van der Waals surface area contributed by atoms with Gasteiger partial charge in [-0.1, -0.05) is 55.1 Å². The monoisotopic (exact) mass is 394 g/mol. The van der Waals surface area contributed by atoms with Crippen LogP contribution in [-0.2, 0) is 14.7 Å². The summed E-state index contributed by atoms with van der Waals surface area (Å²) in [5.41, 5.74) is 6.11. The van der Waals surface area contributed by atoms with Crippen molar-refractivity contribution in [2.45, 2.75) is 76.4 Å². The Hall–Kier alpha value is -1.29. The van der Waals surface area contributed by atoms with E-state index in [0.717, 1.165) is 10.5 Å². The minimum Gasteiger partial charge on any atom is -0.399 e. The standard InChI is InChI=1S/C24H28BClO2/c1-22(2)23(3,4)28-25(27-22)16-8-10-20-18(14-16)19-15-17(26)9-11-21(19)24(20)12-6-5-7-13-24/h8-11,14-15H,5-7,12-13H2,1-4H3. The third-order valence-electron chi connectivity index (χ3n) is 7.58. The van der Waals surface area contributed by atoms with Gasteiger partial charge >= 0.3 is 7.12 Å². The van der Waals surface area contributed by atoms with Crippen LogP contribution in [-0.4, -0.2) is 18.3 Å².